The predicted octanol–water partition coefficient (Wildman–Crippen LogP) is 4.34. The van der Waals surface area contributed by atoms with Crippen molar-refractivity contribution in [2.45, 2.75) is 69.6 Å². The van der Waals surface area contributed by atoms with Crippen LogP contribution in [0, 0.1) is 0 Å². The van der Waals surface area contributed by atoms with Crippen LogP contribution in [0.1, 0.15) is 64.2 Å². The lowest BCUT2D eigenvalue weighted by atomic mass is 10.00. The van der Waals surface area contributed by atoms with Crippen LogP contribution < -0.4 is 0 Å². The third-order valence-electron chi connectivity index (χ3n) is 3.13. The van der Waals surface area contributed by atoms with Gasteiger partial charge in [0.15, 0.2) is 0 Å². The molecule has 3 heteroatoms. The summed E-state index contributed by atoms with van der Waals surface area (Å²) in [5.41, 5.74) is 0.789. The molecule has 0 aliphatic heterocycles. The molecule has 0 heterocycles. The van der Waals surface area contributed by atoms with Gasteiger partial charge in [-0.1, -0.05) is 50.1 Å². The molecule has 2 nitrogen and oxygen atoms in total. The van der Waals surface area contributed by atoms with Crippen LogP contribution in [-0.2, 0) is 0 Å². The minimum atomic E-state index is -0.0468. The number of nitrogens with zero attached hydrogens (tertiary/aromatic N) is 1. The second-order valence-corrected chi connectivity index (χ2v) is 4.95. The Kier molecular flexibility index (Phi) is 6.82. The quantitative estimate of drug-likeness (QED) is 0.376. The minimum absolute atomic E-state index is 0.0468. The zero-order chi connectivity index (χ0) is 10.9. The molecule has 88 valence electrons. The Morgan fingerprint density at radius 1 is 0.933 bits per heavy atom. The van der Waals surface area contributed by atoms with E-state index in [9.17, 15) is 0 Å². The van der Waals surface area contributed by atoms with Crippen LogP contribution >= 0.6 is 11.6 Å². The molecule has 1 atom stereocenters. The van der Waals surface area contributed by atoms with Crippen LogP contribution in [0.5, 0.6) is 0 Å². The van der Waals surface area contributed by atoms with Gasteiger partial charge in [0.2, 0.25) is 0 Å². The number of rotatable bonds is 0. The average Bonchev–Trinajstić information content (AvgIpc) is 2.23. The van der Waals surface area contributed by atoms with Crippen LogP contribution in [0.2, 0.25) is 0 Å². The summed E-state index contributed by atoms with van der Waals surface area (Å²) in [5.74, 6) is 0. The molecule has 1 unspecified atom stereocenters. The molecule has 0 spiro atoms. The van der Waals surface area contributed by atoms with E-state index in [0.717, 1.165) is 31.4 Å². The molecule has 1 rings (SSSR count). The van der Waals surface area contributed by atoms with Crippen molar-refractivity contribution < 1.29 is 5.21 Å². The molecule has 1 aliphatic carbocycles. The molecule has 0 aromatic heterocycles. The topological polar surface area (TPSA) is 32.6 Å². The largest absolute Gasteiger partial charge is 0.411 e. The second kappa shape index (κ2) is 7.98. The smallest absolute Gasteiger partial charge is 0.0751 e. The molecule has 0 aromatic rings. The highest BCUT2D eigenvalue weighted by Crippen LogP contribution is 2.18. The van der Waals surface area contributed by atoms with Crippen LogP contribution in [0.15, 0.2) is 5.16 Å². The summed E-state index contributed by atoms with van der Waals surface area (Å²) >= 11 is 6.19. The van der Waals surface area contributed by atoms with Gasteiger partial charge < -0.3 is 5.21 Å². The van der Waals surface area contributed by atoms with Crippen molar-refractivity contribution in [2.24, 2.45) is 5.16 Å². The van der Waals surface area contributed by atoms with E-state index in [4.69, 9.17) is 16.8 Å². The van der Waals surface area contributed by atoms with E-state index in [1.807, 2.05) is 0 Å². The maximum atomic E-state index is 8.87. The van der Waals surface area contributed by atoms with Crippen LogP contribution in [0.4, 0.5) is 0 Å². The first kappa shape index (κ1) is 12.8. The van der Waals surface area contributed by atoms with E-state index < -0.39 is 0 Å². The van der Waals surface area contributed by atoms with Gasteiger partial charge in [0.05, 0.1) is 11.1 Å². The van der Waals surface area contributed by atoms with Gasteiger partial charge in [-0.25, -0.2) is 0 Å². The van der Waals surface area contributed by atoms with Crippen molar-refractivity contribution in [3.63, 3.8) is 0 Å². The number of oxime groups is 1. The summed E-state index contributed by atoms with van der Waals surface area (Å²) in [4.78, 5) is 0. The Balaban J connectivity index is 2.38. The van der Waals surface area contributed by atoms with Crippen LogP contribution in [-0.4, -0.2) is 16.3 Å². The summed E-state index contributed by atoms with van der Waals surface area (Å²) in [6.07, 6.45) is 12.0. The lowest BCUT2D eigenvalue weighted by Gasteiger charge is -2.12. The SMILES string of the molecule is O/N=C1\CCCCCCCCCCC1Cl. The maximum absolute atomic E-state index is 8.87. The van der Waals surface area contributed by atoms with Gasteiger partial charge in [0, 0.05) is 0 Å². The molecular weight excluding hydrogens is 210 g/mol. The van der Waals surface area contributed by atoms with Gasteiger partial charge in [0.1, 0.15) is 0 Å². The minimum Gasteiger partial charge on any atom is -0.411 e. The maximum Gasteiger partial charge on any atom is 0.0751 e. The Labute approximate surface area is 97.7 Å². The van der Waals surface area contributed by atoms with Gasteiger partial charge in [0.25, 0.3) is 0 Å². The highest BCUT2D eigenvalue weighted by atomic mass is 35.5. The van der Waals surface area contributed by atoms with Gasteiger partial charge in [-0.15, -0.1) is 11.6 Å². The Morgan fingerprint density at radius 2 is 1.47 bits per heavy atom. The third kappa shape index (κ3) is 5.41. The van der Waals surface area contributed by atoms with E-state index in [1.165, 1.54) is 38.5 Å². The molecule has 1 N–H and O–H groups in total. The summed E-state index contributed by atoms with van der Waals surface area (Å²) in [6, 6.07) is 0. The highest BCUT2D eigenvalue weighted by Gasteiger charge is 2.13. The van der Waals surface area contributed by atoms with E-state index in [1.54, 1.807) is 0 Å². The van der Waals surface area contributed by atoms with E-state index in [-0.39, 0.29) is 5.38 Å². The Hall–Kier alpha value is -0.240. The first-order chi connectivity index (χ1) is 7.34. The fraction of sp³-hybridized carbons (Fsp3) is 0.917. The summed E-state index contributed by atoms with van der Waals surface area (Å²) < 4.78 is 0. The van der Waals surface area contributed by atoms with Gasteiger partial charge in [-0.3, -0.25) is 0 Å². The molecule has 0 saturated heterocycles. The van der Waals surface area contributed by atoms with E-state index in [2.05, 4.69) is 5.16 Å². The second-order valence-electron chi connectivity index (χ2n) is 4.43. The molecule has 0 amide bonds. The normalized spacial score (nSPS) is 29.4. The zero-order valence-corrected chi connectivity index (χ0v) is 10.2. The van der Waals surface area contributed by atoms with E-state index in [0.29, 0.717) is 0 Å². The third-order valence-corrected chi connectivity index (χ3v) is 3.60. The van der Waals surface area contributed by atoms with Crippen LogP contribution in [0.3, 0.4) is 0 Å². The lowest BCUT2D eigenvalue weighted by Crippen LogP contribution is -2.15. The molecule has 0 aromatic carbocycles. The molecule has 0 bridgehead atoms. The highest BCUT2D eigenvalue weighted by molar-refractivity contribution is 6.32. The van der Waals surface area contributed by atoms with Gasteiger partial charge >= 0.3 is 0 Å². The zero-order valence-electron chi connectivity index (χ0n) is 9.42. The molecule has 1 aliphatic rings. The lowest BCUT2D eigenvalue weighted by molar-refractivity contribution is 0.315. The monoisotopic (exact) mass is 231 g/mol. The summed E-state index contributed by atoms with van der Waals surface area (Å²) in [7, 11) is 0. The van der Waals surface area contributed by atoms with Crippen molar-refractivity contribution in [1.82, 2.24) is 0 Å². The molecular formula is C12H22ClNO. The summed E-state index contributed by atoms with van der Waals surface area (Å²) in [6.45, 7) is 0. The van der Waals surface area contributed by atoms with Crippen molar-refractivity contribution in [3.05, 3.63) is 0 Å². The first-order valence-corrected chi connectivity index (χ1v) is 6.63. The Bertz CT molecular complexity index is 194. The van der Waals surface area contributed by atoms with Crippen LogP contribution in [0.25, 0.3) is 0 Å². The number of halogens is 1. The fourth-order valence-electron chi connectivity index (χ4n) is 2.13. The number of hydrogen-bond acceptors (Lipinski definition) is 2. The van der Waals surface area contributed by atoms with Crippen molar-refractivity contribution in [3.8, 4) is 0 Å². The van der Waals surface area contributed by atoms with Gasteiger partial charge in [-0.2, -0.15) is 0 Å². The van der Waals surface area contributed by atoms with Crippen molar-refractivity contribution in [1.29, 1.82) is 0 Å². The van der Waals surface area contributed by atoms with Gasteiger partial charge in [-0.05, 0) is 19.3 Å². The van der Waals surface area contributed by atoms with E-state index >= 15 is 0 Å². The average molecular weight is 232 g/mol. The Morgan fingerprint density at radius 3 is 2.07 bits per heavy atom. The molecule has 15 heavy (non-hydrogen) atoms. The van der Waals surface area contributed by atoms with Crippen molar-refractivity contribution in [2.75, 3.05) is 0 Å². The predicted molar refractivity (Wildman–Crippen MR) is 65.0 cm³/mol. The molecule has 1 saturated carbocycles. The molecule has 1 fully saturated rings. The number of hydrogen-bond donors (Lipinski definition) is 1. The fourth-order valence-corrected chi connectivity index (χ4v) is 2.43. The first-order valence-electron chi connectivity index (χ1n) is 6.19. The van der Waals surface area contributed by atoms with Crippen molar-refractivity contribution >= 4 is 17.3 Å². The molecule has 0 radical (unpaired) electrons. The standard InChI is InChI=1S/C12H22ClNO/c13-11-9-7-5-3-1-2-4-6-8-10-12(11)14-15/h11,15H,1-10H2/b14-12+. The summed E-state index contributed by atoms with van der Waals surface area (Å²) in [5, 5.41) is 12.2. The number of alkyl halides is 1.